The highest BCUT2D eigenvalue weighted by molar-refractivity contribution is 5.96. The molecular formula is C23H20N2O3. The predicted molar refractivity (Wildman–Crippen MR) is 108 cm³/mol. The van der Waals surface area contributed by atoms with Gasteiger partial charge in [-0.15, -0.1) is 0 Å². The van der Waals surface area contributed by atoms with E-state index in [1.165, 1.54) is 6.21 Å². The molecule has 0 aliphatic carbocycles. The zero-order chi connectivity index (χ0) is 19.6. The summed E-state index contributed by atoms with van der Waals surface area (Å²) in [7, 11) is 0. The van der Waals surface area contributed by atoms with Gasteiger partial charge in [0.2, 0.25) is 0 Å². The van der Waals surface area contributed by atoms with Gasteiger partial charge in [0.05, 0.1) is 6.21 Å². The Hall–Kier alpha value is -3.73. The van der Waals surface area contributed by atoms with Crippen LogP contribution in [0, 0.1) is 0 Å². The molecular weight excluding hydrogens is 352 g/mol. The molecule has 0 aromatic heterocycles. The summed E-state index contributed by atoms with van der Waals surface area (Å²) in [4.78, 5) is 30.1. The Balaban J connectivity index is 1.70. The van der Waals surface area contributed by atoms with Crippen LogP contribution in [-0.2, 0) is 16.1 Å². The van der Waals surface area contributed by atoms with Gasteiger partial charge in [0.1, 0.15) is 6.04 Å². The molecule has 0 heterocycles. The highest BCUT2D eigenvalue weighted by atomic mass is 16.7. The molecule has 0 radical (unpaired) electrons. The predicted octanol–water partition coefficient (Wildman–Crippen LogP) is 3.61. The Kier molecular flexibility index (Phi) is 6.68. The molecule has 5 heteroatoms. The van der Waals surface area contributed by atoms with Gasteiger partial charge in [-0.2, -0.15) is 0 Å². The van der Waals surface area contributed by atoms with Crippen molar-refractivity contribution < 1.29 is 14.4 Å². The molecule has 5 nitrogen and oxygen atoms in total. The van der Waals surface area contributed by atoms with Crippen LogP contribution in [-0.4, -0.2) is 24.1 Å². The lowest BCUT2D eigenvalue weighted by Crippen LogP contribution is -2.43. The lowest BCUT2D eigenvalue weighted by Gasteiger charge is -2.16. The van der Waals surface area contributed by atoms with Crippen LogP contribution in [0.4, 0.5) is 0 Å². The second-order valence-electron chi connectivity index (χ2n) is 6.14. The third-order valence-electron chi connectivity index (χ3n) is 4.05. The topological polar surface area (TPSA) is 67.8 Å². The molecule has 3 aromatic rings. The molecule has 1 N–H and O–H groups in total. The first-order chi connectivity index (χ1) is 13.7. The van der Waals surface area contributed by atoms with Gasteiger partial charge in [0, 0.05) is 12.0 Å². The summed E-state index contributed by atoms with van der Waals surface area (Å²) in [6, 6.07) is 26.6. The van der Waals surface area contributed by atoms with E-state index in [-0.39, 0.29) is 5.91 Å². The van der Waals surface area contributed by atoms with E-state index in [2.05, 4.69) is 10.5 Å². The number of oxime groups is 1. The first-order valence-electron chi connectivity index (χ1n) is 8.91. The normalized spacial score (nSPS) is 11.7. The van der Waals surface area contributed by atoms with Gasteiger partial charge in [-0.25, -0.2) is 4.79 Å². The van der Waals surface area contributed by atoms with Crippen molar-refractivity contribution in [1.29, 1.82) is 0 Å². The van der Waals surface area contributed by atoms with E-state index in [4.69, 9.17) is 4.84 Å². The Morgan fingerprint density at radius 1 is 0.857 bits per heavy atom. The van der Waals surface area contributed by atoms with Gasteiger partial charge < -0.3 is 10.2 Å². The van der Waals surface area contributed by atoms with E-state index >= 15 is 0 Å². The van der Waals surface area contributed by atoms with Crippen LogP contribution in [0.5, 0.6) is 0 Å². The van der Waals surface area contributed by atoms with Gasteiger partial charge in [-0.05, 0) is 23.3 Å². The molecule has 3 rings (SSSR count). The Labute approximate surface area is 163 Å². The summed E-state index contributed by atoms with van der Waals surface area (Å²) < 4.78 is 0. The smallest absolute Gasteiger partial charge is 0.338 e. The number of rotatable bonds is 7. The van der Waals surface area contributed by atoms with E-state index in [1.807, 2.05) is 66.7 Å². The summed E-state index contributed by atoms with van der Waals surface area (Å²) in [5.41, 5.74) is 2.19. The SMILES string of the molecule is O=C(N[C@@H](Cc1ccccc1)C(=O)O/N=C/c1ccccc1)c1ccccc1. The molecule has 28 heavy (non-hydrogen) atoms. The van der Waals surface area contributed by atoms with E-state index < -0.39 is 12.0 Å². The van der Waals surface area contributed by atoms with Crippen LogP contribution in [0.3, 0.4) is 0 Å². The summed E-state index contributed by atoms with van der Waals surface area (Å²) in [6.07, 6.45) is 1.76. The van der Waals surface area contributed by atoms with Crippen LogP contribution in [0.15, 0.2) is 96.2 Å². The number of carbonyl (C=O) groups excluding carboxylic acids is 2. The van der Waals surface area contributed by atoms with Crippen LogP contribution in [0.25, 0.3) is 0 Å². The first kappa shape index (κ1) is 19.0. The fourth-order valence-electron chi connectivity index (χ4n) is 2.62. The van der Waals surface area contributed by atoms with Crippen molar-refractivity contribution in [2.75, 3.05) is 0 Å². The molecule has 140 valence electrons. The Bertz CT molecular complexity index is 926. The Morgan fingerprint density at radius 3 is 2.07 bits per heavy atom. The standard InChI is InChI=1S/C23H20N2O3/c26-22(20-14-8-3-9-15-20)25-21(16-18-10-4-1-5-11-18)23(27)28-24-17-19-12-6-2-7-13-19/h1-15,17,21H,16H2,(H,25,26)/b24-17+/t21-/m0/s1. The van der Waals surface area contributed by atoms with Gasteiger partial charge in [-0.3, -0.25) is 4.79 Å². The van der Waals surface area contributed by atoms with Gasteiger partial charge >= 0.3 is 5.97 Å². The Morgan fingerprint density at radius 2 is 1.43 bits per heavy atom. The fraction of sp³-hybridized carbons (Fsp3) is 0.0870. The van der Waals surface area contributed by atoms with Crippen molar-refractivity contribution in [3.63, 3.8) is 0 Å². The number of amides is 1. The lowest BCUT2D eigenvalue weighted by molar-refractivity contribution is -0.145. The second-order valence-corrected chi connectivity index (χ2v) is 6.14. The highest BCUT2D eigenvalue weighted by Crippen LogP contribution is 2.07. The van der Waals surface area contributed by atoms with E-state index in [0.29, 0.717) is 12.0 Å². The van der Waals surface area contributed by atoms with Gasteiger partial charge in [0.25, 0.3) is 5.91 Å². The molecule has 0 unspecified atom stereocenters. The summed E-state index contributed by atoms with van der Waals surface area (Å²) in [6.45, 7) is 0. The van der Waals surface area contributed by atoms with Crippen LogP contribution in [0.1, 0.15) is 21.5 Å². The molecule has 0 bridgehead atoms. The number of benzene rings is 3. The molecule has 0 saturated carbocycles. The third-order valence-corrected chi connectivity index (χ3v) is 4.05. The minimum atomic E-state index is -0.858. The van der Waals surface area contributed by atoms with Crippen molar-refractivity contribution in [2.24, 2.45) is 5.16 Å². The minimum Gasteiger partial charge on any atom is -0.338 e. The zero-order valence-electron chi connectivity index (χ0n) is 15.2. The molecule has 0 fully saturated rings. The molecule has 0 spiro atoms. The van der Waals surface area contributed by atoms with E-state index in [1.54, 1.807) is 24.3 Å². The summed E-state index contributed by atoms with van der Waals surface area (Å²) in [5.74, 6) is -0.967. The monoisotopic (exact) mass is 372 g/mol. The maximum Gasteiger partial charge on any atom is 0.357 e. The largest absolute Gasteiger partial charge is 0.357 e. The van der Waals surface area contributed by atoms with E-state index in [9.17, 15) is 9.59 Å². The van der Waals surface area contributed by atoms with Crippen LogP contribution >= 0.6 is 0 Å². The van der Waals surface area contributed by atoms with E-state index in [0.717, 1.165) is 11.1 Å². The zero-order valence-corrected chi connectivity index (χ0v) is 15.2. The molecule has 1 amide bonds. The lowest BCUT2D eigenvalue weighted by atomic mass is 10.1. The van der Waals surface area contributed by atoms with Crippen molar-refractivity contribution in [2.45, 2.75) is 12.5 Å². The number of hydrogen-bond donors (Lipinski definition) is 1. The van der Waals surface area contributed by atoms with Crippen LogP contribution in [0.2, 0.25) is 0 Å². The third kappa shape index (κ3) is 5.64. The van der Waals surface area contributed by atoms with Crippen molar-refractivity contribution >= 4 is 18.1 Å². The molecule has 0 aliphatic heterocycles. The number of hydrogen-bond acceptors (Lipinski definition) is 4. The summed E-state index contributed by atoms with van der Waals surface area (Å²) >= 11 is 0. The fourth-order valence-corrected chi connectivity index (χ4v) is 2.62. The van der Waals surface area contributed by atoms with Gasteiger partial charge in [-0.1, -0.05) is 84.0 Å². The average Bonchev–Trinajstić information content (AvgIpc) is 2.75. The quantitative estimate of drug-likeness (QED) is 0.391. The van der Waals surface area contributed by atoms with Crippen molar-refractivity contribution in [3.8, 4) is 0 Å². The second kappa shape index (κ2) is 9.83. The van der Waals surface area contributed by atoms with Gasteiger partial charge in [0.15, 0.2) is 0 Å². The highest BCUT2D eigenvalue weighted by Gasteiger charge is 2.23. The number of carbonyl (C=O) groups is 2. The average molecular weight is 372 g/mol. The first-order valence-corrected chi connectivity index (χ1v) is 8.91. The number of nitrogens with one attached hydrogen (secondary N) is 1. The molecule has 0 saturated heterocycles. The molecule has 3 aromatic carbocycles. The maximum atomic E-state index is 12.6. The maximum absolute atomic E-state index is 12.6. The molecule has 1 atom stereocenters. The minimum absolute atomic E-state index is 0.305. The molecule has 0 aliphatic rings. The van der Waals surface area contributed by atoms with Crippen LogP contribution < -0.4 is 5.32 Å². The number of nitrogens with zero attached hydrogens (tertiary/aromatic N) is 1. The van der Waals surface area contributed by atoms with Crippen molar-refractivity contribution in [3.05, 3.63) is 108 Å². The summed E-state index contributed by atoms with van der Waals surface area (Å²) in [5, 5.41) is 6.50. The van der Waals surface area contributed by atoms with Crippen molar-refractivity contribution in [1.82, 2.24) is 5.32 Å².